The Bertz CT molecular complexity index is 1080. The first-order valence-electron chi connectivity index (χ1n) is 6.70. The number of pyridine rings is 1. The van der Waals surface area contributed by atoms with Crippen LogP contribution in [0.3, 0.4) is 0 Å². The number of hydrogen-bond donors (Lipinski definition) is 2. The van der Waals surface area contributed by atoms with Crippen LogP contribution in [-0.4, -0.2) is 34.1 Å². The minimum atomic E-state index is -4.70. The predicted molar refractivity (Wildman–Crippen MR) is 83.8 cm³/mol. The van der Waals surface area contributed by atoms with Gasteiger partial charge in [0.15, 0.2) is 0 Å². The van der Waals surface area contributed by atoms with Gasteiger partial charge >= 0.3 is 35.5 Å². The molecule has 0 saturated carbocycles. The number of aromatic hydroxyl groups is 1. The third kappa shape index (κ3) is 3.83. The van der Waals surface area contributed by atoms with Crippen molar-refractivity contribution in [2.75, 3.05) is 0 Å². The molecule has 0 aliphatic carbocycles. The van der Waals surface area contributed by atoms with E-state index in [9.17, 15) is 28.0 Å². The van der Waals surface area contributed by atoms with E-state index in [0.717, 1.165) is 12.1 Å². The third-order valence-corrected chi connectivity index (χ3v) is 4.31. The van der Waals surface area contributed by atoms with Crippen molar-refractivity contribution >= 4 is 27.0 Å². The molecule has 0 spiro atoms. The molecule has 0 fully saturated rings. The summed E-state index contributed by atoms with van der Waals surface area (Å²) < 4.78 is 33.5. The number of fused-ring (bicyclic) bond motifs is 1. The van der Waals surface area contributed by atoms with Crippen LogP contribution in [0.2, 0.25) is 0 Å². The van der Waals surface area contributed by atoms with Crippen molar-refractivity contribution in [2.24, 2.45) is 0 Å². The van der Waals surface area contributed by atoms with Crippen molar-refractivity contribution in [3.05, 3.63) is 54.1 Å². The molecule has 25 heavy (non-hydrogen) atoms. The fraction of sp³-hybridized carbons (Fsp3) is 0. The summed E-state index contributed by atoms with van der Waals surface area (Å²) in [5, 5.41) is 19.5. The molecule has 0 atom stereocenters. The van der Waals surface area contributed by atoms with Crippen LogP contribution in [0.25, 0.3) is 22.2 Å². The summed E-state index contributed by atoms with van der Waals surface area (Å²) in [6, 6.07) is 10.8. The zero-order valence-corrected chi connectivity index (χ0v) is 15.8. The fourth-order valence-electron chi connectivity index (χ4n) is 2.37. The van der Waals surface area contributed by atoms with E-state index in [-0.39, 0.29) is 63.0 Å². The van der Waals surface area contributed by atoms with E-state index in [1.54, 1.807) is 18.2 Å². The van der Waals surface area contributed by atoms with E-state index in [2.05, 4.69) is 4.98 Å². The molecule has 0 radical (unpaired) electrons. The second kappa shape index (κ2) is 7.11. The second-order valence-electron chi connectivity index (χ2n) is 5.01. The Morgan fingerprint density at radius 2 is 1.76 bits per heavy atom. The zero-order chi connectivity index (χ0) is 17.5. The number of carbonyl (C=O) groups is 1. The van der Waals surface area contributed by atoms with Crippen LogP contribution < -0.4 is 29.6 Å². The molecular weight excluding hydrogens is 357 g/mol. The Morgan fingerprint density at radius 3 is 2.36 bits per heavy atom. The molecule has 2 N–H and O–H groups in total. The van der Waals surface area contributed by atoms with E-state index >= 15 is 0 Å². The van der Waals surface area contributed by atoms with Crippen molar-refractivity contribution in [1.82, 2.24) is 4.98 Å². The summed E-state index contributed by atoms with van der Waals surface area (Å²) in [4.78, 5) is 15.2. The average Bonchev–Trinajstić information content (AvgIpc) is 2.52. The van der Waals surface area contributed by atoms with Gasteiger partial charge in [0.1, 0.15) is 15.9 Å². The first-order chi connectivity index (χ1) is 11.3. The zero-order valence-electron chi connectivity index (χ0n) is 13.0. The quantitative estimate of drug-likeness (QED) is 0.459. The number of aromatic nitrogens is 1. The Balaban J connectivity index is 0.00000225. The van der Waals surface area contributed by atoms with Crippen molar-refractivity contribution < 1.29 is 57.5 Å². The summed E-state index contributed by atoms with van der Waals surface area (Å²) in [5.74, 6) is -1.34. The second-order valence-corrected chi connectivity index (χ2v) is 6.39. The molecule has 3 aromatic rings. The molecule has 0 amide bonds. The van der Waals surface area contributed by atoms with Crippen LogP contribution in [0.15, 0.2) is 53.4 Å². The fourth-order valence-corrected chi connectivity index (χ4v) is 2.86. The van der Waals surface area contributed by atoms with Gasteiger partial charge < -0.3 is 14.8 Å². The molecule has 0 aliphatic heterocycles. The van der Waals surface area contributed by atoms with Gasteiger partial charge in [-0.2, -0.15) is 0 Å². The van der Waals surface area contributed by atoms with Crippen molar-refractivity contribution in [3.63, 3.8) is 0 Å². The maximum Gasteiger partial charge on any atom is 1.00 e. The minimum absolute atomic E-state index is 0. The Labute approximate surface area is 165 Å². The van der Waals surface area contributed by atoms with E-state index < -0.39 is 21.0 Å². The van der Waals surface area contributed by atoms with Gasteiger partial charge in [-0.15, -0.1) is 0 Å². The van der Waals surface area contributed by atoms with E-state index in [1.165, 1.54) is 18.2 Å². The number of nitrogens with zero attached hydrogens (tertiary/aromatic N) is 1. The first-order valence-corrected chi connectivity index (χ1v) is 8.10. The summed E-state index contributed by atoms with van der Waals surface area (Å²) in [6.07, 6.45) is 0. The van der Waals surface area contributed by atoms with Gasteiger partial charge in [0.05, 0.1) is 21.7 Å². The molecule has 1 heterocycles. The van der Waals surface area contributed by atoms with Gasteiger partial charge in [0, 0.05) is 10.9 Å². The number of aromatic carboxylic acids is 1. The molecule has 0 bridgehead atoms. The Hall–Kier alpha value is -1.97. The number of hydrogen-bond acceptors (Lipinski definition) is 6. The summed E-state index contributed by atoms with van der Waals surface area (Å²) in [5.41, 5.74) is 0.355. The molecular formula is C16H10NNaO6S. The summed E-state index contributed by atoms with van der Waals surface area (Å²) in [7, 11) is -4.70. The number of carboxylic acids is 1. The van der Waals surface area contributed by atoms with Crippen molar-refractivity contribution in [3.8, 4) is 17.0 Å². The number of phenolic OH excluding ortho intramolecular Hbond substituents is 1. The molecule has 1 aromatic heterocycles. The molecule has 122 valence electrons. The smallest absolute Gasteiger partial charge is 0.744 e. The number of benzene rings is 2. The number of para-hydroxylation sites is 1. The van der Waals surface area contributed by atoms with Crippen molar-refractivity contribution in [2.45, 2.75) is 4.90 Å². The SMILES string of the molecule is O=C(O)c1cc(-c2ccccc2O)nc2cc(S(=O)(=O)[O-])ccc12.[Na+]. The maximum atomic E-state index is 11.5. The number of phenols is 1. The molecule has 2 aromatic carbocycles. The summed E-state index contributed by atoms with van der Waals surface area (Å²) in [6.45, 7) is 0. The van der Waals surface area contributed by atoms with Crippen LogP contribution in [0.4, 0.5) is 0 Å². The van der Waals surface area contributed by atoms with Crippen molar-refractivity contribution in [1.29, 1.82) is 0 Å². The van der Waals surface area contributed by atoms with Crippen LogP contribution in [-0.2, 0) is 10.1 Å². The van der Waals surface area contributed by atoms with E-state index in [1.807, 2.05) is 0 Å². The maximum absolute atomic E-state index is 11.5. The minimum Gasteiger partial charge on any atom is -0.744 e. The average molecular weight is 367 g/mol. The van der Waals surface area contributed by atoms with Crippen LogP contribution in [0.5, 0.6) is 5.75 Å². The molecule has 0 unspecified atom stereocenters. The third-order valence-electron chi connectivity index (χ3n) is 3.48. The first kappa shape index (κ1) is 19.4. The van der Waals surface area contributed by atoms with Crippen LogP contribution in [0.1, 0.15) is 10.4 Å². The van der Waals surface area contributed by atoms with Gasteiger partial charge in [-0.05, 0) is 30.3 Å². The topological polar surface area (TPSA) is 128 Å². The molecule has 0 aliphatic rings. The van der Waals surface area contributed by atoms with Gasteiger partial charge in [-0.3, -0.25) is 0 Å². The van der Waals surface area contributed by atoms with Crippen LogP contribution >= 0.6 is 0 Å². The Morgan fingerprint density at radius 1 is 1.08 bits per heavy atom. The van der Waals surface area contributed by atoms with Crippen LogP contribution in [0, 0.1) is 0 Å². The van der Waals surface area contributed by atoms with E-state index in [0.29, 0.717) is 0 Å². The summed E-state index contributed by atoms with van der Waals surface area (Å²) >= 11 is 0. The number of carboxylic acid groups (broad SMARTS) is 1. The predicted octanol–water partition coefficient (Wildman–Crippen LogP) is -0.786. The van der Waals surface area contributed by atoms with E-state index in [4.69, 9.17) is 0 Å². The largest absolute Gasteiger partial charge is 1.00 e. The van der Waals surface area contributed by atoms with Gasteiger partial charge in [-0.1, -0.05) is 18.2 Å². The standard InChI is InChI=1S/C16H11NO6S.Na/c18-15-4-2-1-3-11(15)14-8-12(16(19)20)10-6-5-9(24(21,22)23)7-13(10)17-14;/h1-8,18H,(H,19,20)(H,21,22,23);/q;+1/p-1. The molecule has 7 nitrogen and oxygen atoms in total. The van der Waals surface area contributed by atoms with Gasteiger partial charge in [0.2, 0.25) is 0 Å². The molecule has 9 heteroatoms. The monoisotopic (exact) mass is 367 g/mol. The Kier molecular flexibility index (Phi) is 5.50. The van der Waals surface area contributed by atoms with Gasteiger partial charge in [-0.25, -0.2) is 18.2 Å². The molecule has 3 rings (SSSR count). The molecule has 0 saturated heterocycles. The van der Waals surface area contributed by atoms with Gasteiger partial charge in [0.25, 0.3) is 0 Å². The number of rotatable bonds is 3. The normalized spacial score (nSPS) is 11.1.